The maximum atomic E-state index is 11.7. The van der Waals surface area contributed by atoms with Crippen LogP contribution in [0, 0.1) is 0 Å². The first-order chi connectivity index (χ1) is 10.0. The van der Waals surface area contributed by atoms with E-state index in [1.54, 1.807) is 24.3 Å². The molecule has 0 heterocycles. The number of nitrogen functional groups attached to an aromatic ring is 1. The summed E-state index contributed by atoms with van der Waals surface area (Å²) >= 11 is 0. The number of aliphatic hydroxyl groups excluding tert-OH is 1. The summed E-state index contributed by atoms with van der Waals surface area (Å²) in [6.07, 6.45) is 3.36. The molecular formula is C14H24N2O4S. The summed E-state index contributed by atoms with van der Waals surface area (Å²) < 4.78 is 31.3. The van der Waals surface area contributed by atoms with Crippen molar-refractivity contribution < 1.29 is 18.3 Å². The topological polar surface area (TPSA) is 102 Å². The van der Waals surface area contributed by atoms with Crippen molar-refractivity contribution in [2.45, 2.75) is 25.7 Å². The summed E-state index contributed by atoms with van der Waals surface area (Å²) in [5, 5.41) is 8.63. The van der Waals surface area contributed by atoms with Gasteiger partial charge in [0.15, 0.2) is 0 Å². The van der Waals surface area contributed by atoms with Gasteiger partial charge in [-0.2, -0.15) is 0 Å². The molecule has 0 fully saturated rings. The Balaban J connectivity index is 2.17. The molecule has 0 radical (unpaired) electrons. The smallest absolute Gasteiger partial charge is 0.214 e. The van der Waals surface area contributed by atoms with E-state index in [-0.39, 0.29) is 19.0 Å². The summed E-state index contributed by atoms with van der Waals surface area (Å²) in [7, 11) is -3.31. The third-order valence-electron chi connectivity index (χ3n) is 2.89. The second-order valence-electron chi connectivity index (χ2n) is 4.77. The van der Waals surface area contributed by atoms with Crippen LogP contribution in [-0.4, -0.2) is 39.0 Å². The first kappa shape index (κ1) is 17.7. The van der Waals surface area contributed by atoms with E-state index in [1.807, 2.05) is 0 Å². The predicted molar refractivity (Wildman–Crippen MR) is 83.7 cm³/mol. The molecular weight excluding hydrogens is 292 g/mol. The van der Waals surface area contributed by atoms with E-state index in [1.165, 1.54) is 0 Å². The molecule has 0 aliphatic carbocycles. The van der Waals surface area contributed by atoms with Crippen molar-refractivity contribution in [2.75, 3.05) is 31.2 Å². The maximum Gasteiger partial charge on any atom is 0.214 e. The zero-order chi connectivity index (χ0) is 15.6. The Hall–Kier alpha value is -1.31. The Morgan fingerprint density at radius 3 is 2.67 bits per heavy atom. The maximum absolute atomic E-state index is 11.7. The van der Waals surface area contributed by atoms with Crippen molar-refractivity contribution in [3.8, 4) is 5.75 Å². The number of anilines is 1. The van der Waals surface area contributed by atoms with Gasteiger partial charge in [-0.25, -0.2) is 13.1 Å². The van der Waals surface area contributed by atoms with E-state index in [0.717, 1.165) is 25.7 Å². The molecule has 0 bridgehead atoms. The lowest BCUT2D eigenvalue weighted by molar-refractivity contribution is 0.282. The fourth-order valence-corrected chi connectivity index (χ4v) is 2.67. The van der Waals surface area contributed by atoms with Gasteiger partial charge in [-0.1, -0.05) is 18.9 Å². The van der Waals surface area contributed by atoms with Gasteiger partial charge in [0, 0.05) is 24.9 Å². The molecule has 6 nitrogen and oxygen atoms in total. The van der Waals surface area contributed by atoms with Crippen molar-refractivity contribution in [3.05, 3.63) is 24.3 Å². The molecule has 0 saturated heterocycles. The fraction of sp³-hybridized carbons (Fsp3) is 0.571. The summed E-state index contributed by atoms with van der Waals surface area (Å²) in [5.41, 5.74) is 6.19. The Bertz CT molecular complexity index is 505. The molecule has 0 aromatic heterocycles. The summed E-state index contributed by atoms with van der Waals surface area (Å²) in [5.74, 6) is 0.479. The number of unbranched alkanes of at least 4 members (excludes halogenated alkanes) is 3. The van der Waals surface area contributed by atoms with Crippen molar-refractivity contribution in [1.82, 2.24) is 4.72 Å². The monoisotopic (exact) mass is 316 g/mol. The molecule has 0 aliphatic heterocycles. The molecule has 0 saturated carbocycles. The number of nitrogens with two attached hydrogens (primary N) is 1. The summed E-state index contributed by atoms with van der Waals surface area (Å²) in [6.45, 7) is 0.697. The minimum atomic E-state index is -3.31. The summed E-state index contributed by atoms with van der Waals surface area (Å²) in [4.78, 5) is 0. The lowest BCUT2D eigenvalue weighted by Crippen LogP contribution is -2.29. The van der Waals surface area contributed by atoms with Crippen molar-refractivity contribution in [3.63, 3.8) is 0 Å². The highest BCUT2D eigenvalue weighted by Gasteiger charge is 2.09. The van der Waals surface area contributed by atoms with Crippen LogP contribution >= 0.6 is 0 Å². The largest absolute Gasteiger partial charge is 0.492 e. The number of sulfonamides is 1. The minimum Gasteiger partial charge on any atom is -0.492 e. The van der Waals surface area contributed by atoms with Gasteiger partial charge in [0.1, 0.15) is 12.4 Å². The second kappa shape index (κ2) is 9.59. The molecule has 0 amide bonds. The highest BCUT2D eigenvalue weighted by atomic mass is 32.2. The predicted octanol–water partition coefficient (Wildman–Crippen LogP) is 1.12. The zero-order valence-corrected chi connectivity index (χ0v) is 12.9. The number of nitrogens with one attached hydrogen (secondary N) is 1. The van der Waals surface area contributed by atoms with E-state index >= 15 is 0 Å². The Kier molecular flexibility index (Phi) is 8.11. The molecule has 0 aliphatic rings. The Morgan fingerprint density at radius 1 is 1.19 bits per heavy atom. The van der Waals surface area contributed by atoms with Crippen molar-refractivity contribution in [2.24, 2.45) is 0 Å². The Labute approximate surface area is 126 Å². The van der Waals surface area contributed by atoms with Crippen LogP contribution in [0.4, 0.5) is 5.69 Å². The van der Waals surface area contributed by atoms with Gasteiger partial charge in [0.25, 0.3) is 0 Å². The SMILES string of the molecule is Nc1cccc(OCCS(=O)(=O)NCCCCCCO)c1. The van der Waals surface area contributed by atoms with Crippen LogP contribution in [0.3, 0.4) is 0 Å². The first-order valence-electron chi connectivity index (χ1n) is 7.10. The lowest BCUT2D eigenvalue weighted by atomic mass is 10.2. The quantitative estimate of drug-likeness (QED) is 0.419. The lowest BCUT2D eigenvalue weighted by Gasteiger charge is -2.09. The van der Waals surface area contributed by atoms with E-state index < -0.39 is 10.0 Å². The molecule has 1 rings (SSSR count). The number of rotatable bonds is 11. The highest BCUT2D eigenvalue weighted by Crippen LogP contribution is 2.14. The van der Waals surface area contributed by atoms with Crippen LogP contribution in [0.5, 0.6) is 5.75 Å². The van der Waals surface area contributed by atoms with E-state index in [4.69, 9.17) is 15.6 Å². The van der Waals surface area contributed by atoms with Crippen LogP contribution in [-0.2, 0) is 10.0 Å². The minimum absolute atomic E-state index is 0.0849. The molecule has 0 atom stereocenters. The van der Waals surface area contributed by atoms with Crippen LogP contribution in [0.2, 0.25) is 0 Å². The average Bonchev–Trinajstić information content (AvgIpc) is 2.42. The van der Waals surface area contributed by atoms with Crippen LogP contribution < -0.4 is 15.2 Å². The summed E-state index contributed by atoms with van der Waals surface area (Å²) in [6, 6.07) is 6.88. The average molecular weight is 316 g/mol. The van der Waals surface area contributed by atoms with Gasteiger partial charge in [-0.05, 0) is 25.0 Å². The normalized spacial score (nSPS) is 11.5. The number of aliphatic hydroxyl groups is 1. The molecule has 21 heavy (non-hydrogen) atoms. The van der Waals surface area contributed by atoms with E-state index in [2.05, 4.69) is 4.72 Å². The van der Waals surface area contributed by atoms with Crippen LogP contribution in [0.15, 0.2) is 24.3 Å². The number of benzene rings is 1. The van der Waals surface area contributed by atoms with Crippen molar-refractivity contribution in [1.29, 1.82) is 0 Å². The van der Waals surface area contributed by atoms with Gasteiger partial charge in [-0.15, -0.1) is 0 Å². The molecule has 120 valence electrons. The highest BCUT2D eigenvalue weighted by molar-refractivity contribution is 7.89. The Morgan fingerprint density at radius 2 is 1.95 bits per heavy atom. The van der Waals surface area contributed by atoms with Gasteiger partial charge >= 0.3 is 0 Å². The number of hydrogen-bond donors (Lipinski definition) is 3. The molecule has 0 unspecified atom stereocenters. The molecule has 7 heteroatoms. The second-order valence-corrected chi connectivity index (χ2v) is 6.70. The van der Waals surface area contributed by atoms with Crippen molar-refractivity contribution >= 4 is 15.7 Å². The van der Waals surface area contributed by atoms with Gasteiger partial charge in [0.2, 0.25) is 10.0 Å². The van der Waals surface area contributed by atoms with Crippen LogP contribution in [0.25, 0.3) is 0 Å². The third kappa shape index (κ3) is 8.54. The van der Waals surface area contributed by atoms with Gasteiger partial charge in [-0.3, -0.25) is 0 Å². The molecule has 0 spiro atoms. The number of ether oxygens (including phenoxy) is 1. The first-order valence-corrected chi connectivity index (χ1v) is 8.75. The van der Waals surface area contributed by atoms with Gasteiger partial charge in [0.05, 0.1) is 5.75 Å². The third-order valence-corrected chi connectivity index (χ3v) is 4.23. The standard InChI is InChI=1S/C14H24N2O4S/c15-13-6-5-7-14(12-13)20-10-11-21(18,19)16-8-3-1-2-4-9-17/h5-7,12,16-17H,1-4,8-11,15H2. The molecule has 1 aromatic carbocycles. The zero-order valence-electron chi connectivity index (χ0n) is 12.1. The fourth-order valence-electron chi connectivity index (χ4n) is 1.76. The molecule has 4 N–H and O–H groups in total. The molecule has 1 aromatic rings. The number of hydrogen-bond acceptors (Lipinski definition) is 5. The van der Waals surface area contributed by atoms with Crippen LogP contribution in [0.1, 0.15) is 25.7 Å². The van der Waals surface area contributed by atoms with Gasteiger partial charge < -0.3 is 15.6 Å². The van der Waals surface area contributed by atoms with E-state index in [0.29, 0.717) is 18.0 Å². The van der Waals surface area contributed by atoms with E-state index in [9.17, 15) is 8.42 Å².